The van der Waals surface area contributed by atoms with Crippen LogP contribution in [0.2, 0.25) is 0 Å². The van der Waals surface area contributed by atoms with E-state index in [0.717, 1.165) is 31.4 Å². The topological polar surface area (TPSA) is 154 Å². The molecule has 0 saturated heterocycles. The van der Waals surface area contributed by atoms with Gasteiger partial charge in [0.05, 0.1) is 6.54 Å². The van der Waals surface area contributed by atoms with E-state index >= 15 is 0 Å². The average Bonchev–Trinajstić information content (AvgIpc) is 3.07. The number of hydrogen-bond donors (Lipinski definition) is 2. The van der Waals surface area contributed by atoms with E-state index in [0.29, 0.717) is 18.3 Å². The van der Waals surface area contributed by atoms with Crippen molar-refractivity contribution in [3.05, 3.63) is 59.7 Å². The summed E-state index contributed by atoms with van der Waals surface area (Å²) in [5.74, 6) is 0.0978. The first-order chi connectivity index (χ1) is 18.0. The van der Waals surface area contributed by atoms with Gasteiger partial charge < -0.3 is 25.2 Å². The third-order valence-corrected chi connectivity index (χ3v) is 6.83. The van der Waals surface area contributed by atoms with Crippen LogP contribution in [0.25, 0.3) is 0 Å². The number of ether oxygens (including phenoxy) is 2. The molecule has 3 N–H and O–H groups in total. The van der Waals surface area contributed by atoms with Gasteiger partial charge in [-0.15, -0.1) is 0 Å². The van der Waals surface area contributed by atoms with Crippen molar-refractivity contribution in [1.29, 1.82) is 0 Å². The van der Waals surface area contributed by atoms with Crippen molar-refractivity contribution in [2.24, 2.45) is 5.92 Å². The Morgan fingerprint density at radius 1 is 1.11 bits per heavy atom. The standard InChI is InChI=1S/C26H28N6O5/c27-23-22-24(31-26(30-23)37-15-20-28-10-1-11-29-20)36-13-12-32(25(22)35)19-8-6-18(7-9-19)17-4-2-16(3-5-17)14-21(33)34/h1,6-11,16-17H,2-5,12-15H2,(H,33,34)(H2,27,30,31). The molecule has 2 aromatic heterocycles. The molecule has 37 heavy (non-hydrogen) atoms. The molecular weight excluding hydrogens is 476 g/mol. The van der Waals surface area contributed by atoms with Gasteiger partial charge in [0, 0.05) is 24.5 Å². The highest BCUT2D eigenvalue weighted by Crippen LogP contribution is 2.38. The number of carboxylic acid groups (broad SMARTS) is 1. The van der Waals surface area contributed by atoms with E-state index in [9.17, 15) is 9.59 Å². The highest BCUT2D eigenvalue weighted by atomic mass is 16.5. The SMILES string of the molecule is Nc1nc(OCc2ncccn2)nc2c1C(=O)N(c1ccc(C3CCC(CC(=O)O)CC3)cc1)CCO2. The lowest BCUT2D eigenvalue weighted by Gasteiger charge is -2.28. The highest BCUT2D eigenvalue weighted by molar-refractivity contribution is 6.10. The second-order valence-corrected chi connectivity index (χ2v) is 9.24. The molecule has 1 amide bonds. The predicted molar refractivity (Wildman–Crippen MR) is 133 cm³/mol. The number of carbonyl (C=O) groups excluding carboxylic acids is 1. The maximum absolute atomic E-state index is 13.4. The van der Waals surface area contributed by atoms with Gasteiger partial charge in [-0.2, -0.15) is 9.97 Å². The minimum absolute atomic E-state index is 0.0209. The minimum atomic E-state index is -0.725. The van der Waals surface area contributed by atoms with Crippen molar-refractivity contribution in [3.63, 3.8) is 0 Å². The lowest BCUT2D eigenvalue weighted by atomic mass is 9.77. The third kappa shape index (κ3) is 5.60. The molecule has 11 nitrogen and oxygen atoms in total. The van der Waals surface area contributed by atoms with Crippen LogP contribution in [0.1, 0.15) is 59.8 Å². The number of nitrogens with zero attached hydrogens (tertiary/aromatic N) is 5. The summed E-state index contributed by atoms with van der Waals surface area (Å²) in [6.07, 6.45) is 7.23. The summed E-state index contributed by atoms with van der Waals surface area (Å²) < 4.78 is 11.3. The summed E-state index contributed by atoms with van der Waals surface area (Å²) in [5, 5.41) is 9.04. The normalized spacial score (nSPS) is 19.5. The Hall–Kier alpha value is -4.28. The first kappa shape index (κ1) is 24.4. The van der Waals surface area contributed by atoms with Crippen LogP contribution in [-0.2, 0) is 11.4 Å². The van der Waals surface area contributed by atoms with E-state index in [2.05, 4.69) is 19.9 Å². The molecule has 3 aromatic rings. The van der Waals surface area contributed by atoms with E-state index in [1.165, 1.54) is 5.56 Å². The van der Waals surface area contributed by atoms with Crippen molar-refractivity contribution in [1.82, 2.24) is 19.9 Å². The van der Waals surface area contributed by atoms with Gasteiger partial charge in [0.15, 0.2) is 12.4 Å². The van der Waals surface area contributed by atoms with Gasteiger partial charge in [0.25, 0.3) is 5.91 Å². The fourth-order valence-corrected chi connectivity index (χ4v) is 4.93. The Balaban J connectivity index is 1.28. The monoisotopic (exact) mass is 504 g/mol. The van der Waals surface area contributed by atoms with Crippen molar-refractivity contribution in [3.8, 4) is 11.9 Å². The van der Waals surface area contributed by atoms with Gasteiger partial charge in [-0.05, 0) is 61.3 Å². The predicted octanol–water partition coefficient (Wildman–Crippen LogP) is 3.22. The Morgan fingerprint density at radius 2 is 1.84 bits per heavy atom. The quantitative estimate of drug-likeness (QED) is 0.490. The molecule has 0 spiro atoms. The molecule has 5 rings (SSSR count). The average molecular weight is 505 g/mol. The van der Waals surface area contributed by atoms with Gasteiger partial charge >= 0.3 is 12.0 Å². The van der Waals surface area contributed by atoms with Gasteiger partial charge in [-0.25, -0.2) is 9.97 Å². The van der Waals surface area contributed by atoms with Crippen LogP contribution < -0.4 is 20.1 Å². The molecular formula is C26H28N6O5. The summed E-state index contributed by atoms with van der Waals surface area (Å²) >= 11 is 0. The molecule has 0 radical (unpaired) electrons. The highest BCUT2D eigenvalue weighted by Gasteiger charge is 2.30. The molecule has 1 fully saturated rings. The largest absolute Gasteiger partial charge is 0.481 e. The molecule has 1 saturated carbocycles. The van der Waals surface area contributed by atoms with E-state index in [4.69, 9.17) is 20.3 Å². The third-order valence-electron chi connectivity index (χ3n) is 6.83. The van der Waals surface area contributed by atoms with E-state index in [1.807, 2.05) is 24.3 Å². The lowest BCUT2D eigenvalue weighted by Crippen LogP contribution is -2.32. The summed E-state index contributed by atoms with van der Waals surface area (Å²) in [4.78, 5) is 42.6. The number of carbonyl (C=O) groups is 2. The van der Waals surface area contributed by atoms with Gasteiger partial charge in [-0.3, -0.25) is 9.59 Å². The van der Waals surface area contributed by atoms with Crippen LogP contribution in [0, 0.1) is 5.92 Å². The second kappa shape index (κ2) is 10.8. The van der Waals surface area contributed by atoms with Gasteiger partial charge in [0.1, 0.15) is 18.0 Å². The Morgan fingerprint density at radius 3 is 2.54 bits per heavy atom. The lowest BCUT2D eigenvalue weighted by molar-refractivity contribution is -0.138. The van der Waals surface area contributed by atoms with Crippen molar-refractivity contribution >= 4 is 23.4 Å². The van der Waals surface area contributed by atoms with Gasteiger partial charge in [0.2, 0.25) is 5.88 Å². The van der Waals surface area contributed by atoms with E-state index in [-0.39, 0.29) is 54.7 Å². The molecule has 1 aliphatic heterocycles. The number of rotatable bonds is 7. The number of carboxylic acids is 1. The van der Waals surface area contributed by atoms with E-state index in [1.54, 1.807) is 23.4 Å². The maximum atomic E-state index is 13.4. The number of aliphatic carboxylic acids is 1. The van der Waals surface area contributed by atoms with Crippen LogP contribution in [-0.4, -0.2) is 50.1 Å². The first-order valence-electron chi connectivity index (χ1n) is 12.3. The summed E-state index contributed by atoms with van der Waals surface area (Å²) in [6.45, 7) is 0.598. The summed E-state index contributed by atoms with van der Waals surface area (Å²) in [7, 11) is 0. The molecule has 1 aliphatic carbocycles. The van der Waals surface area contributed by atoms with Crippen LogP contribution in [0.3, 0.4) is 0 Å². The second-order valence-electron chi connectivity index (χ2n) is 9.24. The van der Waals surface area contributed by atoms with Crippen LogP contribution in [0.5, 0.6) is 11.9 Å². The van der Waals surface area contributed by atoms with Crippen LogP contribution in [0.4, 0.5) is 11.5 Å². The summed E-state index contributed by atoms with van der Waals surface area (Å²) in [6, 6.07) is 9.62. The molecule has 0 unspecified atom stereocenters. The molecule has 3 heterocycles. The molecule has 0 atom stereocenters. The molecule has 11 heteroatoms. The number of anilines is 2. The molecule has 192 valence electrons. The number of amides is 1. The zero-order valence-electron chi connectivity index (χ0n) is 20.2. The Labute approximate surface area is 213 Å². The Bertz CT molecular complexity index is 1260. The van der Waals surface area contributed by atoms with Gasteiger partial charge in [-0.1, -0.05) is 12.1 Å². The number of fused-ring (bicyclic) bond motifs is 1. The minimum Gasteiger partial charge on any atom is -0.481 e. The van der Waals surface area contributed by atoms with Crippen molar-refractivity contribution in [2.45, 2.75) is 44.6 Å². The number of hydrogen-bond acceptors (Lipinski definition) is 9. The summed E-state index contributed by atoms with van der Waals surface area (Å²) in [5.41, 5.74) is 8.17. The molecule has 2 aliphatic rings. The van der Waals surface area contributed by atoms with Crippen molar-refractivity contribution < 1.29 is 24.2 Å². The maximum Gasteiger partial charge on any atom is 0.322 e. The van der Waals surface area contributed by atoms with Crippen molar-refractivity contribution in [2.75, 3.05) is 23.8 Å². The number of benzene rings is 1. The smallest absolute Gasteiger partial charge is 0.322 e. The number of aromatic nitrogens is 4. The van der Waals surface area contributed by atoms with Crippen LogP contribution in [0.15, 0.2) is 42.7 Å². The zero-order chi connectivity index (χ0) is 25.8. The first-order valence-corrected chi connectivity index (χ1v) is 12.3. The fourth-order valence-electron chi connectivity index (χ4n) is 4.93. The van der Waals surface area contributed by atoms with Crippen LogP contribution >= 0.6 is 0 Å². The Kier molecular flexibility index (Phi) is 7.11. The molecule has 0 bridgehead atoms. The zero-order valence-corrected chi connectivity index (χ0v) is 20.2. The van der Waals surface area contributed by atoms with E-state index < -0.39 is 5.97 Å². The fraction of sp³-hybridized carbons (Fsp3) is 0.385. The number of nitrogens with two attached hydrogens (primary N) is 1. The number of nitrogen functional groups attached to an aromatic ring is 1. The molecule has 1 aromatic carbocycles.